The van der Waals surface area contributed by atoms with E-state index in [0.717, 1.165) is 0 Å². The molecule has 0 heterocycles. The van der Waals surface area contributed by atoms with E-state index in [4.69, 9.17) is 14.2 Å². The van der Waals surface area contributed by atoms with Gasteiger partial charge in [0.2, 0.25) is 10.0 Å². The van der Waals surface area contributed by atoms with Crippen molar-refractivity contribution in [1.82, 2.24) is 4.31 Å². The van der Waals surface area contributed by atoms with Gasteiger partial charge in [-0.15, -0.1) is 0 Å². The zero-order valence-electron chi connectivity index (χ0n) is 15.8. The van der Waals surface area contributed by atoms with Gasteiger partial charge >= 0.3 is 0 Å². The third-order valence-electron chi connectivity index (χ3n) is 3.33. The lowest BCUT2D eigenvalue weighted by molar-refractivity contribution is -0.124. The molecule has 1 atom stereocenters. The van der Waals surface area contributed by atoms with Gasteiger partial charge in [-0.25, -0.2) is 12.7 Å². The van der Waals surface area contributed by atoms with E-state index in [1.807, 2.05) is 34.6 Å². The van der Waals surface area contributed by atoms with Gasteiger partial charge in [0.05, 0.1) is 32.0 Å². The monoisotopic (exact) mass is 367 g/mol. The van der Waals surface area contributed by atoms with Gasteiger partial charge in [0, 0.05) is 25.9 Å². The fourth-order valence-corrected chi connectivity index (χ4v) is 2.56. The van der Waals surface area contributed by atoms with Gasteiger partial charge < -0.3 is 14.2 Å². The minimum atomic E-state index is -3.49. The van der Waals surface area contributed by atoms with Crippen LogP contribution in [0.1, 0.15) is 41.0 Å². The van der Waals surface area contributed by atoms with Crippen LogP contribution in [0.15, 0.2) is 0 Å². The van der Waals surface area contributed by atoms with Crippen LogP contribution < -0.4 is 0 Å². The van der Waals surface area contributed by atoms with Gasteiger partial charge in [-0.05, 0) is 20.8 Å². The molecule has 1 unspecified atom stereocenters. The summed E-state index contributed by atoms with van der Waals surface area (Å²) in [6.45, 7) is 10.4. The van der Waals surface area contributed by atoms with E-state index < -0.39 is 10.0 Å². The summed E-state index contributed by atoms with van der Waals surface area (Å²) in [6, 6.07) is 0. The SMILES string of the molecule is CC(C)OCCOCS(=O)(=O)N(C)CCOC(C)CC(=O)C(C)C. The van der Waals surface area contributed by atoms with Gasteiger partial charge in [-0.2, -0.15) is 0 Å². The number of rotatable bonds is 14. The number of hydrogen-bond acceptors (Lipinski definition) is 6. The molecule has 8 heteroatoms. The summed E-state index contributed by atoms with van der Waals surface area (Å²) < 4.78 is 41.2. The first-order valence-corrected chi connectivity index (χ1v) is 9.94. The molecular weight excluding hydrogens is 334 g/mol. The Morgan fingerprint density at radius 1 is 1.00 bits per heavy atom. The Bertz CT molecular complexity index is 449. The molecule has 0 radical (unpaired) electrons. The highest BCUT2D eigenvalue weighted by molar-refractivity contribution is 7.88. The summed E-state index contributed by atoms with van der Waals surface area (Å²) in [4.78, 5) is 11.6. The summed E-state index contributed by atoms with van der Waals surface area (Å²) in [7, 11) is -2.00. The van der Waals surface area contributed by atoms with Crippen LogP contribution in [-0.2, 0) is 29.0 Å². The lowest BCUT2D eigenvalue weighted by Crippen LogP contribution is -2.34. The lowest BCUT2D eigenvalue weighted by Gasteiger charge is -2.19. The Labute approximate surface area is 146 Å². The lowest BCUT2D eigenvalue weighted by atomic mass is 10.0. The number of hydrogen-bond donors (Lipinski definition) is 0. The van der Waals surface area contributed by atoms with E-state index >= 15 is 0 Å². The first kappa shape index (κ1) is 23.5. The molecule has 0 saturated heterocycles. The zero-order chi connectivity index (χ0) is 18.8. The average molecular weight is 368 g/mol. The number of likely N-dealkylation sites (N-methyl/N-ethyl adjacent to an activating group) is 1. The molecule has 0 aliphatic carbocycles. The Morgan fingerprint density at radius 3 is 2.17 bits per heavy atom. The topological polar surface area (TPSA) is 82.1 Å². The van der Waals surface area contributed by atoms with E-state index in [2.05, 4.69) is 0 Å². The largest absolute Gasteiger partial charge is 0.377 e. The first-order valence-electron chi connectivity index (χ1n) is 8.34. The van der Waals surface area contributed by atoms with Gasteiger partial charge in [-0.3, -0.25) is 4.79 Å². The van der Waals surface area contributed by atoms with Gasteiger partial charge in [0.25, 0.3) is 0 Å². The van der Waals surface area contributed by atoms with Crippen molar-refractivity contribution in [2.75, 3.05) is 39.4 Å². The predicted molar refractivity (Wildman–Crippen MR) is 93.3 cm³/mol. The van der Waals surface area contributed by atoms with Gasteiger partial charge in [0.1, 0.15) is 5.78 Å². The molecule has 0 aromatic heterocycles. The standard InChI is InChI=1S/C16H33NO6S/c1-13(2)16(18)11-15(5)23-8-7-17(6)24(19,20)12-21-9-10-22-14(3)4/h13-15H,7-12H2,1-6H3. The number of carbonyl (C=O) groups excluding carboxylic acids is 1. The maximum absolute atomic E-state index is 12.0. The molecular formula is C16H33NO6S. The van der Waals surface area contributed by atoms with E-state index in [1.54, 1.807) is 0 Å². The molecule has 0 spiro atoms. The van der Waals surface area contributed by atoms with Crippen LogP contribution in [0.5, 0.6) is 0 Å². The summed E-state index contributed by atoms with van der Waals surface area (Å²) in [5.41, 5.74) is 0. The smallest absolute Gasteiger partial charge is 0.238 e. The fourth-order valence-electron chi connectivity index (χ4n) is 1.70. The van der Waals surface area contributed by atoms with Gasteiger partial charge in [-0.1, -0.05) is 13.8 Å². The van der Waals surface area contributed by atoms with Crippen LogP contribution in [0.3, 0.4) is 0 Å². The molecule has 0 fully saturated rings. The van der Waals surface area contributed by atoms with Crippen molar-refractivity contribution >= 4 is 15.8 Å². The Kier molecular flexibility index (Phi) is 11.6. The highest BCUT2D eigenvalue weighted by Crippen LogP contribution is 2.06. The van der Waals surface area contributed by atoms with Crippen molar-refractivity contribution in [2.45, 2.75) is 53.2 Å². The molecule has 24 heavy (non-hydrogen) atoms. The van der Waals surface area contributed by atoms with Crippen LogP contribution in [0.25, 0.3) is 0 Å². The van der Waals surface area contributed by atoms with E-state index in [-0.39, 0.29) is 49.6 Å². The quantitative estimate of drug-likeness (QED) is 0.434. The van der Waals surface area contributed by atoms with Crippen LogP contribution in [-0.4, -0.2) is 70.1 Å². The van der Waals surface area contributed by atoms with Crippen LogP contribution in [0.4, 0.5) is 0 Å². The summed E-state index contributed by atoms with van der Waals surface area (Å²) >= 11 is 0. The maximum atomic E-state index is 12.0. The van der Waals surface area contributed by atoms with Crippen LogP contribution >= 0.6 is 0 Å². The van der Waals surface area contributed by atoms with Crippen molar-refractivity contribution in [1.29, 1.82) is 0 Å². The molecule has 0 rings (SSSR count). The summed E-state index contributed by atoms with van der Waals surface area (Å²) in [5, 5.41) is 0. The molecule has 7 nitrogen and oxygen atoms in total. The van der Waals surface area contributed by atoms with E-state index in [1.165, 1.54) is 11.4 Å². The Hall–Kier alpha value is -0.540. The van der Waals surface area contributed by atoms with Crippen molar-refractivity contribution < 1.29 is 27.4 Å². The highest BCUT2D eigenvalue weighted by Gasteiger charge is 2.19. The number of Topliss-reactive ketones (excluding diaryl/α,β-unsaturated/α-hetero) is 1. The summed E-state index contributed by atoms with van der Waals surface area (Å²) in [5.74, 6) is -0.261. The average Bonchev–Trinajstić information content (AvgIpc) is 2.45. The molecule has 0 saturated carbocycles. The molecule has 0 aliphatic rings. The Morgan fingerprint density at radius 2 is 1.62 bits per heavy atom. The molecule has 0 aliphatic heterocycles. The van der Waals surface area contributed by atoms with Gasteiger partial charge in [0.15, 0.2) is 5.94 Å². The van der Waals surface area contributed by atoms with E-state index in [0.29, 0.717) is 13.0 Å². The fraction of sp³-hybridized carbons (Fsp3) is 0.938. The van der Waals surface area contributed by atoms with Crippen molar-refractivity contribution in [3.63, 3.8) is 0 Å². The molecule has 144 valence electrons. The minimum Gasteiger partial charge on any atom is -0.377 e. The Balaban J connectivity index is 3.99. The van der Waals surface area contributed by atoms with Crippen LogP contribution in [0.2, 0.25) is 0 Å². The van der Waals surface area contributed by atoms with Crippen molar-refractivity contribution in [3.05, 3.63) is 0 Å². The number of sulfonamides is 1. The highest BCUT2D eigenvalue weighted by atomic mass is 32.2. The molecule has 0 bridgehead atoms. The number of carbonyl (C=O) groups is 1. The first-order chi connectivity index (χ1) is 11.1. The van der Waals surface area contributed by atoms with E-state index in [9.17, 15) is 13.2 Å². The molecule has 0 N–H and O–H groups in total. The van der Waals surface area contributed by atoms with Crippen molar-refractivity contribution in [3.8, 4) is 0 Å². The second-order valence-electron chi connectivity index (χ2n) is 6.39. The minimum absolute atomic E-state index is 0.0177. The normalized spacial score (nSPS) is 13.9. The van der Waals surface area contributed by atoms with Crippen LogP contribution in [0, 0.1) is 5.92 Å². The number of ketones is 1. The number of nitrogens with zero attached hydrogens (tertiary/aromatic N) is 1. The number of ether oxygens (including phenoxy) is 3. The second-order valence-corrected chi connectivity index (χ2v) is 8.41. The third-order valence-corrected chi connectivity index (χ3v) is 4.92. The third kappa shape index (κ3) is 11.1. The summed E-state index contributed by atoms with van der Waals surface area (Å²) in [6.07, 6.45) is 0.211. The predicted octanol–water partition coefficient (Wildman–Crippen LogP) is 1.67. The second kappa shape index (κ2) is 11.9. The van der Waals surface area contributed by atoms with Crippen molar-refractivity contribution in [2.24, 2.45) is 5.92 Å². The maximum Gasteiger partial charge on any atom is 0.238 e. The molecule has 0 aromatic carbocycles. The zero-order valence-corrected chi connectivity index (χ0v) is 16.6. The molecule has 0 amide bonds. The molecule has 0 aromatic rings.